The number of thiazole rings is 1. The number of nitrogens with one attached hydrogen (secondary N) is 2. The van der Waals surface area contributed by atoms with Crippen LogP contribution in [0, 0.1) is 0 Å². The fourth-order valence-corrected chi connectivity index (χ4v) is 4.96. The minimum atomic E-state index is -0.246. The molecule has 0 radical (unpaired) electrons. The first-order chi connectivity index (χ1) is 15.2. The Morgan fingerprint density at radius 1 is 1.00 bits per heavy atom. The van der Waals surface area contributed by atoms with Crippen LogP contribution in [0.5, 0.6) is 0 Å². The molecule has 6 nitrogen and oxygen atoms in total. The Kier molecular flexibility index (Phi) is 5.15. The highest BCUT2D eigenvalue weighted by atomic mass is 32.1. The van der Waals surface area contributed by atoms with Crippen LogP contribution in [0.15, 0.2) is 76.2 Å². The van der Waals surface area contributed by atoms with Crippen molar-refractivity contribution in [2.24, 2.45) is 0 Å². The van der Waals surface area contributed by atoms with E-state index < -0.39 is 0 Å². The minimum Gasteiger partial charge on any atom is -0.321 e. The highest BCUT2D eigenvalue weighted by Crippen LogP contribution is 2.28. The molecule has 0 atom stereocenters. The number of aromatic amines is 1. The van der Waals surface area contributed by atoms with Crippen molar-refractivity contribution in [1.29, 1.82) is 0 Å². The number of hydrogen-bond acceptors (Lipinski definition) is 6. The molecule has 0 aliphatic heterocycles. The van der Waals surface area contributed by atoms with Crippen LogP contribution in [-0.4, -0.2) is 21.1 Å². The lowest BCUT2D eigenvalue weighted by Gasteiger charge is -2.08. The number of thiophene rings is 1. The standard InChI is InChI=1S/C23H16N4O2S2/c28-21-17-8-2-1-7-16(17)18(26-27-21)12-14-5-3-6-15(11-14)24-22(29)19-13-31-23(25-19)20-9-4-10-30-20/h1-11,13H,12H2,(H,24,29)(H,27,28). The smallest absolute Gasteiger partial charge is 0.275 e. The maximum atomic E-state index is 12.7. The second-order valence-electron chi connectivity index (χ2n) is 6.89. The number of carbonyl (C=O) groups excluding carboxylic acids is 1. The summed E-state index contributed by atoms with van der Waals surface area (Å²) in [4.78, 5) is 30.2. The molecule has 2 aromatic carbocycles. The maximum absolute atomic E-state index is 12.7. The fourth-order valence-electron chi connectivity index (χ4n) is 3.35. The van der Waals surface area contributed by atoms with E-state index in [9.17, 15) is 9.59 Å². The molecular formula is C23H16N4O2S2. The van der Waals surface area contributed by atoms with Gasteiger partial charge in [0, 0.05) is 22.9 Å². The molecule has 0 fully saturated rings. The van der Waals surface area contributed by atoms with E-state index >= 15 is 0 Å². The summed E-state index contributed by atoms with van der Waals surface area (Å²) in [5.41, 5.74) is 2.62. The number of anilines is 1. The van der Waals surface area contributed by atoms with Gasteiger partial charge in [0.25, 0.3) is 11.5 Å². The second kappa shape index (κ2) is 8.25. The third kappa shape index (κ3) is 4.03. The zero-order chi connectivity index (χ0) is 21.2. The van der Waals surface area contributed by atoms with Gasteiger partial charge in [0.15, 0.2) is 0 Å². The molecule has 152 valence electrons. The zero-order valence-electron chi connectivity index (χ0n) is 16.2. The summed E-state index contributed by atoms with van der Waals surface area (Å²) in [6.07, 6.45) is 0.528. The number of aromatic nitrogens is 3. The molecule has 0 saturated carbocycles. The minimum absolute atomic E-state index is 0.203. The predicted octanol–water partition coefficient (Wildman–Crippen LogP) is 4.95. The lowest BCUT2D eigenvalue weighted by Crippen LogP contribution is -2.13. The molecule has 0 aliphatic carbocycles. The van der Waals surface area contributed by atoms with Gasteiger partial charge in [-0.2, -0.15) is 5.10 Å². The average Bonchev–Trinajstić information content (AvgIpc) is 3.48. The molecule has 3 aromatic heterocycles. The Labute approximate surface area is 185 Å². The Morgan fingerprint density at radius 2 is 1.87 bits per heavy atom. The number of rotatable bonds is 5. The highest BCUT2D eigenvalue weighted by molar-refractivity contribution is 7.20. The van der Waals surface area contributed by atoms with E-state index in [0.717, 1.165) is 26.5 Å². The molecule has 1 amide bonds. The van der Waals surface area contributed by atoms with Crippen molar-refractivity contribution >= 4 is 45.0 Å². The fraction of sp³-hybridized carbons (Fsp3) is 0.0435. The lowest BCUT2D eigenvalue weighted by molar-refractivity contribution is 0.102. The number of benzene rings is 2. The lowest BCUT2D eigenvalue weighted by atomic mass is 10.0. The van der Waals surface area contributed by atoms with Crippen LogP contribution in [0.3, 0.4) is 0 Å². The van der Waals surface area contributed by atoms with E-state index in [1.165, 1.54) is 11.3 Å². The van der Waals surface area contributed by atoms with Gasteiger partial charge in [0.1, 0.15) is 10.7 Å². The molecule has 0 aliphatic rings. The van der Waals surface area contributed by atoms with E-state index in [4.69, 9.17) is 0 Å². The van der Waals surface area contributed by atoms with E-state index in [0.29, 0.717) is 23.2 Å². The maximum Gasteiger partial charge on any atom is 0.275 e. The van der Waals surface area contributed by atoms with Gasteiger partial charge in [-0.15, -0.1) is 22.7 Å². The van der Waals surface area contributed by atoms with Crippen LogP contribution in [-0.2, 0) is 6.42 Å². The molecule has 31 heavy (non-hydrogen) atoms. The first kappa shape index (κ1) is 19.3. The van der Waals surface area contributed by atoms with Crippen molar-refractivity contribution in [2.45, 2.75) is 6.42 Å². The van der Waals surface area contributed by atoms with Crippen molar-refractivity contribution < 1.29 is 4.79 Å². The van der Waals surface area contributed by atoms with Crippen LogP contribution in [0.2, 0.25) is 0 Å². The molecular weight excluding hydrogens is 428 g/mol. The Bertz CT molecular complexity index is 1440. The molecule has 0 unspecified atom stereocenters. The summed E-state index contributed by atoms with van der Waals surface area (Å²) < 4.78 is 0. The number of nitrogens with zero attached hydrogens (tertiary/aromatic N) is 2. The normalized spacial score (nSPS) is 11.0. The number of fused-ring (bicyclic) bond motifs is 1. The molecule has 0 bridgehead atoms. The molecule has 3 heterocycles. The van der Waals surface area contributed by atoms with E-state index in [1.54, 1.807) is 22.8 Å². The van der Waals surface area contributed by atoms with Gasteiger partial charge in [-0.05, 0) is 35.2 Å². The Balaban J connectivity index is 1.36. The third-order valence-electron chi connectivity index (χ3n) is 4.80. The number of amides is 1. The quantitative estimate of drug-likeness (QED) is 0.401. The Morgan fingerprint density at radius 3 is 2.71 bits per heavy atom. The third-order valence-corrected chi connectivity index (χ3v) is 6.68. The SMILES string of the molecule is O=C(Nc1cccc(Cc2n[nH]c(=O)c3ccccc23)c1)c1csc(-c2cccs2)n1. The largest absolute Gasteiger partial charge is 0.321 e. The van der Waals surface area contributed by atoms with Crippen molar-refractivity contribution in [2.75, 3.05) is 5.32 Å². The van der Waals surface area contributed by atoms with E-state index in [1.807, 2.05) is 60.0 Å². The average molecular weight is 445 g/mol. The van der Waals surface area contributed by atoms with Gasteiger partial charge in [0.2, 0.25) is 0 Å². The summed E-state index contributed by atoms with van der Waals surface area (Å²) in [7, 11) is 0. The summed E-state index contributed by atoms with van der Waals surface area (Å²) in [5, 5.41) is 15.7. The summed E-state index contributed by atoms with van der Waals surface area (Å²) in [6.45, 7) is 0. The predicted molar refractivity (Wildman–Crippen MR) is 125 cm³/mol. The van der Waals surface area contributed by atoms with Crippen LogP contribution in [0.25, 0.3) is 20.7 Å². The number of H-pyrrole nitrogens is 1. The number of hydrogen-bond donors (Lipinski definition) is 2. The van der Waals surface area contributed by atoms with E-state index in [-0.39, 0.29) is 11.5 Å². The van der Waals surface area contributed by atoms with Crippen molar-refractivity contribution in [3.8, 4) is 9.88 Å². The van der Waals surface area contributed by atoms with Crippen LogP contribution in [0.4, 0.5) is 5.69 Å². The van der Waals surface area contributed by atoms with Crippen molar-refractivity contribution in [3.63, 3.8) is 0 Å². The van der Waals surface area contributed by atoms with Gasteiger partial charge < -0.3 is 5.32 Å². The van der Waals surface area contributed by atoms with Gasteiger partial charge >= 0.3 is 0 Å². The molecule has 0 spiro atoms. The van der Waals surface area contributed by atoms with Crippen molar-refractivity contribution in [1.82, 2.24) is 15.2 Å². The molecule has 5 rings (SSSR count). The van der Waals surface area contributed by atoms with Gasteiger partial charge in [-0.1, -0.05) is 36.4 Å². The topological polar surface area (TPSA) is 87.7 Å². The molecule has 8 heteroatoms. The first-order valence-electron chi connectivity index (χ1n) is 9.53. The van der Waals surface area contributed by atoms with Crippen LogP contribution in [0.1, 0.15) is 21.7 Å². The van der Waals surface area contributed by atoms with Crippen molar-refractivity contribution in [3.05, 3.63) is 98.7 Å². The first-order valence-corrected chi connectivity index (χ1v) is 11.3. The van der Waals surface area contributed by atoms with Gasteiger partial charge in [-0.25, -0.2) is 10.1 Å². The van der Waals surface area contributed by atoms with Gasteiger partial charge in [0.05, 0.1) is 16.0 Å². The summed E-state index contributed by atoms with van der Waals surface area (Å²) in [6, 6.07) is 19.0. The van der Waals surface area contributed by atoms with Gasteiger partial charge in [-0.3, -0.25) is 9.59 Å². The summed E-state index contributed by atoms with van der Waals surface area (Å²) in [5.74, 6) is -0.246. The zero-order valence-corrected chi connectivity index (χ0v) is 17.8. The second-order valence-corrected chi connectivity index (χ2v) is 8.70. The monoisotopic (exact) mass is 444 g/mol. The molecule has 2 N–H and O–H groups in total. The van der Waals surface area contributed by atoms with Crippen LogP contribution >= 0.6 is 22.7 Å². The number of carbonyl (C=O) groups is 1. The van der Waals surface area contributed by atoms with Crippen LogP contribution < -0.4 is 10.9 Å². The molecule has 5 aromatic rings. The Hall–Kier alpha value is -3.62. The highest BCUT2D eigenvalue weighted by Gasteiger charge is 2.13. The summed E-state index contributed by atoms with van der Waals surface area (Å²) >= 11 is 3.05. The molecule has 0 saturated heterocycles. The van der Waals surface area contributed by atoms with E-state index in [2.05, 4.69) is 20.5 Å².